The average molecular weight is 144 g/mol. The van der Waals surface area contributed by atoms with E-state index >= 15 is 0 Å². The average Bonchev–Trinajstić information content (AvgIpc) is 1.88. The minimum Gasteiger partial charge on any atom is -0.481 e. The quantitative estimate of drug-likeness (QED) is 0.569. The summed E-state index contributed by atoms with van der Waals surface area (Å²) in [4.78, 5) is 10.3. The van der Waals surface area contributed by atoms with E-state index in [0.717, 1.165) is 0 Å². The Kier molecular flexibility index (Phi) is 3.72. The molecular formula is C7H12O3. The first-order valence-corrected chi connectivity index (χ1v) is 3.16. The van der Waals surface area contributed by atoms with Crippen LogP contribution in [0, 0.1) is 5.92 Å². The van der Waals surface area contributed by atoms with E-state index in [9.17, 15) is 4.79 Å². The van der Waals surface area contributed by atoms with Gasteiger partial charge in [0.15, 0.2) is 0 Å². The molecule has 0 amide bonds. The van der Waals surface area contributed by atoms with E-state index in [1.165, 1.54) is 6.08 Å². The third-order valence-electron chi connectivity index (χ3n) is 1.37. The number of carboxylic acid groups (broad SMARTS) is 1. The zero-order valence-electron chi connectivity index (χ0n) is 5.95. The van der Waals surface area contributed by atoms with Gasteiger partial charge in [0, 0.05) is 0 Å². The van der Waals surface area contributed by atoms with Crippen LogP contribution in [0.2, 0.25) is 0 Å². The summed E-state index contributed by atoms with van der Waals surface area (Å²) in [6.07, 6.45) is 0.870. The first-order valence-electron chi connectivity index (χ1n) is 3.16. The van der Waals surface area contributed by atoms with Gasteiger partial charge in [-0.05, 0) is 6.42 Å². The van der Waals surface area contributed by atoms with E-state index < -0.39 is 18.0 Å². The Hall–Kier alpha value is -0.830. The van der Waals surface area contributed by atoms with Gasteiger partial charge < -0.3 is 10.2 Å². The van der Waals surface area contributed by atoms with Crippen LogP contribution in [0.4, 0.5) is 0 Å². The maximum absolute atomic E-state index is 10.3. The second kappa shape index (κ2) is 4.06. The molecule has 0 aliphatic rings. The van der Waals surface area contributed by atoms with Crippen LogP contribution in [0.1, 0.15) is 13.3 Å². The first kappa shape index (κ1) is 9.17. The van der Waals surface area contributed by atoms with Crippen molar-refractivity contribution in [2.24, 2.45) is 5.92 Å². The molecule has 0 aliphatic heterocycles. The molecule has 0 heterocycles. The second-order valence-electron chi connectivity index (χ2n) is 2.08. The monoisotopic (exact) mass is 144 g/mol. The Morgan fingerprint density at radius 1 is 1.80 bits per heavy atom. The first-order chi connectivity index (χ1) is 4.63. The molecule has 2 N–H and O–H groups in total. The van der Waals surface area contributed by atoms with Crippen molar-refractivity contribution in [1.82, 2.24) is 0 Å². The van der Waals surface area contributed by atoms with Crippen LogP contribution < -0.4 is 0 Å². The van der Waals surface area contributed by atoms with E-state index in [1.54, 1.807) is 6.92 Å². The fraction of sp³-hybridized carbons (Fsp3) is 0.571. The van der Waals surface area contributed by atoms with Crippen molar-refractivity contribution in [3.63, 3.8) is 0 Å². The predicted molar refractivity (Wildman–Crippen MR) is 37.6 cm³/mol. The summed E-state index contributed by atoms with van der Waals surface area (Å²) < 4.78 is 0. The third kappa shape index (κ3) is 2.19. The Bertz CT molecular complexity index is 131. The van der Waals surface area contributed by atoms with Crippen molar-refractivity contribution >= 4 is 5.97 Å². The smallest absolute Gasteiger partial charge is 0.312 e. The van der Waals surface area contributed by atoms with Gasteiger partial charge in [0.25, 0.3) is 0 Å². The Morgan fingerprint density at radius 3 is 2.40 bits per heavy atom. The number of carbonyl (C=O) groups is 1. The molecular weight excluding hydrogens is 132 g/mol. The molecule has 2 atom stereocenters. The summed E-state index contributed by atoms with van der Waals surface area (Å²) in [6, 6.07) is 0. The van der Waals surface area contributed by atoms with E-state index in [4.69, 9.17) is 10.2 Å². The lowest BCUT2D eigenvalue weighted by molar-refractivity contribution is -0.143. The molecule has 0 bridgehead atoms. The van der Waals surface area contributed by atoms with Gasteiger partial charge >= 0.3 is 5.97 Å². The molecule has 0 aromatic heterocycles. The molecule has 0 saturated heterocycles. The summed E-state index contributed by atoms with van der Waals surface area (Å²) in [5, 5.41) is 17.5. The molecule has 3 heteroatoms. The van der Waals surface area contributed by atoms with Gasteiger partial charge in [0.2, 0.25) is 0 Å². The number of hydrogen-bond acceptors (Lipinski definition) is 2. The van der Waals surface area contributed by atoms with Gasteiger partial charge in [-0.3, -0.25) is 4.79 Å². The van der Waals surface area contributed by atoms with Crippen LogP contribution in [-0.4, -0.2) is 22.3 Å². The van der Waals surface area contributed by atoms with Crippen molar-refractivity contribution < 1.29 is 15.0 Å². The van der Waals surface area contributed by atoms with Gasteiger partial charge in [-0.2, -0.15) is 0 Å². The maximum Gasteiger partial charge on any atom is 0.312 e. The van der Waals surface area contributed by atoms with Crippen molar-refractivity contribution in [3.05, 3.63) is 12.7 Å². The van der Waals surface area contributed by atoms with Crippen molar-refractivity contribution in [1.29, 1.82) is 0 Å². The summed E-state index contributed by atoms with van der Waals surface area (Å²) >= 11 is 0. The van der Waals surface area contributed by atoms with Gasteiger partial charge in [0.1, 0.15) is 5.92 Å². The molecule has 10 heavy (non-hydrogen) atoms. The Balaban J connectivity index is 4.05. The molecule has 0 aromatic rings. The molecule has 0 spiro atoms. The molecule has 0 fully saturated rings. The standard InChI is InChI=1S/C7H12O3/c1-3-5(7(9)10)6(8)4-2/h3,5-6,8H,1,4H2,2H3,(H,9,10)/t5-,6+/m0/s1. The molecule has 0 aliphatic carbocycles. The zero-order chi connectivity index (χ0) is 8.15. The lowest BCUT2D eigenvalue weighted by Crippen LogP contribution is -2.25. The van der Waals surface area contributed by atoms with Crippen LogP contribution in [0.25, 0.3) is 0 Å². The summed E-state index contributed by atoms with van der Waals surface area (Å²) in [5.41, 5.74) is 0. The van der Waals surface area contributed by atoms with Gasteiger partial charge in [-0.25, -0.2) is 0 Å². The highest BCUT2D eigenvalue weighted by atomic mass is 16.4. The van der Waals surface area contributed by atoms with Crippen LogP contribution in [0.5, 0.6) is 0 Å². The molecule has 0 radical (unpaired) electrons. The van der Waals surface area contributed by atoms with E-state index in [0.29, 0.717) is 6.42 Å². The minimum absolute atomic E-state index is 0.434. The highest BCUT2D eigenvalue weighted by molar-refractivity contribution is 5.72. The SMILES string of the molecule is C=C[C@H](C(=O)O)[C@H](O)CC. The maximum atomic E-state index is 10.3. The van der Waals surface area contributed by atoms with Crippen molar-refractivity contribution in [3.8, 4) is 0 Å². The molecule has 58 valence electrons. The van der Waals surface area contributed by atoms with Gasteiger partial charge in [-0.15, -0.1) is 6.58 Å². The predicted octanol–water partition coefficient (Wildman–Crippen LogP) is 0.644. The zero-order valence-corrected chi connectivity index (χ0v) is 5.95. The van der Waals surface area contributed by atoms with E-state index in [2.05, 4.69) is 6.58 Å². The topological polar surface area (TPSA) is 57.5 Å². The van der Waals surface area contributed by atoms with Crippen molar-refractivity contribution in [2.75, 3.05) is 0 Å². The summed E-state index contributed by atoms with van der Waals surface area (Å²) in [5.74, 6) is -1.85. The normalized spacial score (nSPS) is 15.8. The Morgan fingerprint density at radius 2 is 2.30 bits per heavy atom. The Labute approximate surface area is 60.0 Å². The largest absolute Gasteiger partial charge is 0.481 e. The molecule has 0 unspecified atom stereocenters. The second-order valence-corrected chi connectivity index (χ2v) is 2.08. The number of hydrogen-bond donors (Lipinski definition) is 2. The van der Waals surface area contributed by atoms with Gasteiger partial charge in [0.05, 0.1) is 6.10 Å². The van der Waals surface area contributed by atoms with E-state index in [1.807, 2.05) is 0 Å². The fourth-order valence-electron chi connectivity index (χ4n) is 0.676. The lowest BCUT2D eigenvalue weighted by Gasteiger charge is -2.12. The highest BCUT2D eigenvalue weighted by Crippen LogP contribution is 2.07. The van der Waals surface area contributed by atoms with Crippen molar-refractivity contribution in [2.45, 2.75) is 19.4 Å². The third-order valence-corrected chi connectivity index (χ3v) is 1.37. The summed E-state index contributed by atoms with van der Waals surface area (Å²) in [7, 11) is 0. The lowest BCUT2D eigenvalue weighted by atomic mass is 10.0. The number of aliphatic carboxylic acids is 1. The van der Waals surface area contributed by atoms with E-state index in [-0.39, 0.29) is 0 Å². The number of aliphatic hydroxyl groups is 1. The molecule has 3 nitrogen and oxygen atoms in total. The summed E-state index contributed by atoms with van der Waals surface area (Å²) in [6.45, 7) is 5.04. The van der Waals surface area contributed by atoms with Crippen LogP contribution in [0.3, 0.4) is 0 Å². The molecule has 0 aromatic carbocycles. The van der Waals surface area contributed by atoms with Gasteiger partial charge in [-0.1, -0.05) is 13.0 Å². The van der Waals surface area contributed by atoms with Crippen LogP contribution in [0.15, 0.2) is 12.7 Å². The number of carboxylic acids is 1. The van der Waals surface area contributed by atoms with Crippen LogP contribution in [-0.2, 0) is 4.79 Å². The molecule has 0 saturated carbocycles. The fourth-order valence-corrected chi connectivity index (χ4v) is 0.676. The number of aliphatic hydroxyl groups excluding tert-OH is 1. The number of rotatable bonds is 4. The highest BCUT2D eigenvalue weighted by Gasteiger charge is 2.20. The minimum atomic E-state index is -1.02. The van der Waals surface area contributed by atoms with Crippen LogP contribution >= 0.6 is 0 Å². The molecule has 0 rings (SSSR count).